The molecule has 2 heterocycles. The molecule has 0 unspecified atom stereocenters. The molecular formula is C19H28N4O. The van der Waals surface area contributed by atoms with Crippen LogP contribution in [0.25, 0.3) is 0 Å². The number of piperazine rings is 1. The molecule has 1 aromatic rings. The molecule has 5 nitrogen and oxygen atoms in total. The molecule has 2 saturated heterocycles. The van der Waals surface area contributed by atoms with Crippen LogP contribution in [0.1, 0.15) is 17.5 Å². The zero-order chi connectivity index (χ0) is 16.9. The number of nitrogens with zero attached hydrogens (tertiary/aromatic N) is 4. The van der Waals surface area contributed by atoms with Crippen molar-refractivity contribution in [3.05, 3.63) is 35.4 Å². The summed E-state index contributed by atoms with van der Waals surface area (Å²) in [5.74, 6) is 0. The van der Waals surface area contributed by atoms with Gasteiger partial charge in [0.2, 0.25) is 0 Å². The van der Waals surface area contributed by atoms with Crippen LogP contribution in [0.5, 0.6) is 0 Å². The maximum Gasteiger partial charge on any atom is 0.0991 e. The molecular weight excluding hydrogens is 300 g/mol. The van der Waals surface area contributed by atoms with Crippen molar-refractivity contribution < 1.29 is 4.74 Å². The molecule has 0 aliphatic carbocycles. The fourth-order valence-electron chi connectivity index (χ4n) is 3.72. The summed E-state index contributed by atoms with van der Waals surface area (Å²) in [4.78, 5) is 7.27. The number of hydrogen-bond donors (Lipinski definition) is 0. The molecule has 130 valence electrons. The molecule has 3 rings (SSSR count). The number of hydrogen-bond acceptors (Lipinski definition) is 5. The van der Waals surface area contributed by atoms with Crippen LogP contribution in [0, 0.1) is 11.3 Å². The monoisotopic (exact) mass is 328 g/mol. The van der Waals surface area contributed by atoms with Crippen LogP contribution in [0.2, 0.25) is 0 Å². The summed E-state index contributed by atoms with van der Waals surface area (Å²) in [6.45, 7) is 7.14. The van der Waals surface area contributed by atoms with E-state index in [1.165, 1.54) is 5.56 Å². The van der Waals surface area contributed by atoms with Gasteiger partial charge in [0.15, 0.2) is 0 Å². The minimum Gasteiger partial charge on any atom is -0.375 e. The highest BCUT2D eigenvalue weighted by atomic mass is 16.5. The minimum atomic E-state index is 0.386. The summed E-state index contributed by atoms with van der Waals surface area (Å²) in [5.41, 5.74) is 1.99. The molecule has 24 heavy (non-hydrogen) atoms. The van der Waals surface area contributed by atoms with Crippen LogP contribution in [0.4, 0.5) is 0 Å². The highest BCUT2D eigenvalue weighted by molar-refractivity contribution is 5.32. The second-order valence-electron chi connectivity index (χ2n) is 7.23. The van der Waals surface area contributed by atoms with E-state index in [0.29, 0.717) is 12.1 Å². The summed E-state index contributed by atoms with van der Waals surface area (Å²) in [6, 6.07) is 10.8. The SMILES string of the molecule is CN(C)CCO[C@@H]1C[C@H]2CN(Cc3cccc(C#N)c3)CCN2C1. The predicted molar refractivity (Wildman–Crippen MR) is 94.7 cm³/mol. The van der Waals surface area contributed by atoms with E-state index >= 15 is 0 Å². The van der Waals surface area contributed by atoms with E-state index < -0.39 is 0 Å². The van der Waals surface area contributed by atoms with Gasteiger partial charge >= 0.3 is 0 Å². The molecule has 1 aromatic carbocycles. The van der Waals surface area contributed by atoms with E-state index in [-0.39, 0.29) is 0 Å². The summed E-state index contributed by atoms with van der Waals surface area (Å²) < 4.78 is 6.05. The van der Waals surface area contributed by atoms with E-state index in [1.807, 2.05) is 18.2 Å². The quantitative estimate of drug-likeness (QED) is 0.790. The Kier molecular flexibility index (Phi) is 5.85. The van der Waals surface area contributed by atoms with Gasteiger partial charge in [0.05, 0.1) is 24.3 Å². The molecule has 2 atom stereocenters. The first-order chi connectivity index (χ1) is 11.6. The van der Waals surface area contributed by atoms with Crippen LogP contribution >= 0.6 is 0 Å². The Hall–Kier alpha value is -1.45. The normalized spacial score (nSPS) is 24.9. The van der Waals surface area contributed by atoms with Crippen molar-refractivity contribution in [2.75, 3.05) is 53.4 Å². The third-order valence-corrected chi connectivity index (χ3v) is 5.02. The number of benzene rings is 1. The van der Waals surface area contributed by atoms with Crippen molar-refractivity contribution in [1.82, 2.24) is 14.7 Å². The molecule has 0 spiro atoms. The van der Waals surface area contributed by atoms with Crippen molar-refractivity contribution in [1.29, 1.82) is 5.26 Å². The van der Waals surface area contributed by atoms with Crippen LogP contribution in [0.15, 0.2) is 24.3 Å². The molecule has 2 aliphatic rings. The number of nitriles is 1. The van der Waals surface area contributed by atoms with Crippen molar-refractivity contribution in [3.8, 4) is 6.07 Å². The first-order valence-electron chi connectivity index (χ1n) is 8.86. The molecule has 0 radical (unpaired) electrons. The van der Waals surface area contributed by atoms with Crippen molar-refractivity contribution in [2.24, 2.45) is 0 Å². The molecule has 2 aliphatic heterocycles. The Labute approximate surface area is 145 Å². The first-order valence-corrected chi connectivity index (χ1v) is 8.86. The van der Waals surface area contributed by atoms with Gasteiger partial charge in [0, 0.05) is 45.3 Å². The van der Waals surface area contributed by atoms with Gasteiger partial charge in [-0.2, -0.15) is 5.26 Å². The van der Waals surface area contributed by atoms with E-state index in [9.17, 15) is 0 Å². The molecule has 0 N–H and O–H groups in total. The van der Waals surface area contributed by atoms with Gasteiger partial charge in [-0.15, -0.1) is 0 Å². The fourth-order valence-corrected chi connectivity index (χ4v) is 3.72. The average Bonchev–Trinajstić information content (AvgIpc) is 2.96. The first kappa shape index (κ1) is 17.4. The number of likely N-dealkylation sites (N-methyl/N-ethyl adjacent to an activating group) is 1. The Balaban J connectivity index is 1.48. The lowest BCUT2D eigenvalue weighted by molar-refractivity contribution is 0.0489. The van der Waals surface area contributed by atoms with Crippen LogP contribution in [-0.4, -0.2) is 80.3 Å². The Morgan fingerprint density at radius 1 is 1.29 bits per heavy atom. The van der Waals surface area contributed by atoms with E-state index in [4.69, 9.17) is 10.00 Å². The highest BCUT2D eigenvalue weighted by Gasteiger charge is 2.36. The summed E-state index contributed by atoms with van der Waals surface area (Å²) in [7, 11) is 4.17. The van der Waals surface area contributed by atoms with Gasteiger partial charge in [0.1, 0.15) is 0 Å². The van der Waals surface area contributed by atoms with Gasteiger partial charge in [-0.05, 0) is 38.2 Å². The molecule has 0 aromatic heterocycles. The third kappa shape index (κ3) is 4.55. The Morgan fingerprint density at radius 3 is 2.96 bits per heavy atom. The van der Waals surface area contributed by atoms with Crippen LogP contribution in [-0.2, 0) is 11.3 Å². The topological polar surface area (TPSA) is 42.7 Å². The van der Waals surface area contributed by atoms with Gasteiger partial charge < -0.3 is 9.64 Å². The zero-order valence-electron chi connectivity index (χ0n) is 14.8. The Morgan fingerprint density at radius 2 is 2.17 bits per heavy atom. The molecule has 2 fully saturated rings. The summed E-state index contributed by atoms with van der Waals surface area (Å²) in [6.07, 6.45) is 1.53. The highest BCUT2D eigenvalue weighted by Crippen LogP contribution is 2.25. The number of fused-ring (bicyclic) bond motifs is 1. The lowest BCUT2D eigenvalue weighted by Crippen LogP contribution is -2.49. The van der Waals surface area contributed by atoms with Gasteiger partial charge in [0.25, 0.3) is 0 Å². The van der Waals surface area contributed by atoms with Crippen molar-refractivity contribution in [3.63, 3.8) is 0 Å². The van der Waals surface area contributed by atoms with Crippen molar-refractivity contribution in [2.45, 2.75) is 25.1 Å². The standard InChI is InChI=1S/C19H28N4O/c1-21(2)8-9-24-19-11-18-14-22(6-7-23(18)15-19)13-17-5-3-4-16(10-17)12-20/h3-5,10,18-19H,6-9,11,13-15H2,1-2H3/t18-,19+/m0/s1. The Bertz CT molecular complexity index is 583. The second-order valence-corrected chi connectivity index (χ2v) is 7.23. The molecule has 5 heteroatoms. The third-order valence-electron chi connectivity index (χ3n) is 5.02. The number of ether oxygens (including phenoxy) is 1. The number of rotatable bonds is 6. The lowest BCUT2D eigenvalue weighted by Gasteiger charge is -2.37. The molecule has 0 amide bonds. The van der Waals surface area contributed by atoms with Crippen LogP contribution in [0.3, 0.4) is 0 Å². The van der Waals surface area contributed by atoms with Crippen molar-refractivity contribution >= 4 is 0 Å². The van der Waals surface area contributed by atoms with E-state index in [1.54, 1.807) is 0 Å². The average molecular weight is 328 g/mol. The summed E-state index contributed by atoms with van der Waals surface area (Å²) in [5, 5.41) is 9.04. The molecule has 0 bridgehead atoms. The smallest absolute Gasteiger partial charge is 0.0991 e. The second kappa shape index (κ2) is 8.09. The minimum absolute atomic E-state index is 0.386. The van der Waals surface area contributed by atoms with Gasteiger partial charge in [-0.3, -0.25) is 9.80 Å². The zero-order valence-corrected chi connectivity index (χ0v) is 14.8. The molecule has 0 saturated carbocycles. The van der Waals surface area contributed by atoms with E-state index in [2.05, 4.69) is 40.9 Å². The maximum absolute atomic E-state index is 9.04. The van der Waals surface area contributed by atoms with Crippen LogP contribution < -0.4 is 0 Å². The van der Waals surface area contributed by atoms with E-state index in [0.717, 1.165) is 57.9 Å². The fraction of sp³-hybridized carbons (Fsp3) is 0.632. The van der Waals surface area contributed by atoms with Gasteiger partial charge in [-0.1, -0.05) is 12.1 Å². The van der Waals surface area contributed by atoms with Gasteiger partial charge in [-0.25, -0.2) is 0 Å². The lowest BCUT2D eigenvalue weighted by atomic mass is 10.1. The largest absolute Gasteiger partial charge is 0.375 e. The predicted octanol–water partition coefficient (Wildman–Crippen LogP) is 1.39. The maximum atomic E-state index is 9.04. The summed E-state index contributed by atoms with van der Waals surface area (Å²) >= 11 is 0.